The number of rotatable bonds is 11. The van der Waals surface area contributed by atoms with Gasteiger partial charge in [0.1, 0.15) is 30.3 Å². The zero-order chi connectivity index (χ0) is 25.4. The highest BCUT2D eigenvalue weighted by Crippen LogP contribution is 2.29. The van der Waals surface area contributed by atoms with Gasteiger partial charge in [0.2, 0.25) is 0 Å². The summed E-state index contributed by atoms with van der Waals surface area (Å²) in [5, 5.41) is 6.31. The lowest BCUT2D eigenvalue weighted by Gasteiger charge is -2.19. The van der Waals surface area contributed by atoms with Crippen LogP contribution in [-0.4, -0.2) is 30.9 Å². The fraction of sp³-hybridized carbons (Fsp3) is 0.367. The van der Waals surface area contributed by atoms with Crippen LogP contribution in [0.4, 0.5) is 4.79 Å². The Hall–Kier alpha value is -3.51. The van der Waals surface area contributed by atoms with E-state index in [2.05, 4.69) is 47.0 Å². The highest BCUT2D eigenvalue weighted by molar-refractivity contribution is 5.68. The van der Waals surface area contributed by atoms with E-state index in [-0.39, 0.29) is 0 Å². The summed E-state index contributed by atoms with van der Waals surface area (Å²) < 4.78 is 17.2. The zero-order valence-electron chi connectivity index (χ0n) is 21.4. The maximum absolute atomic E-state index is 11.9. The van der Waals surface area contributed by atoms with Gasteiger partial charge in [-0.3, -0.25) is 0 Å². The van der Waals surface area contributed by atoms with E-state index >= 15 is 0 Å². The van der Waals surface area contributed by atoms with Crippen molar-refractivity contribution in [3.05, 3.63) is 83.9 Å². The van der Waals surface area contributed by atoms with E-state index < -0.39 is 11.7 Å². The monoisotopic (exact) mass is 488 g/mol. The number of hydrogen-bond acceptors (Lipinski definition) is 5. The first-order chi connectivity index (χ1) is 17.3. The van der Waals surface area contributed by atoms with E-state index in [4.69, 9.17) is 14.2 Å². The Morgan fingerprint density at radius 3 is 2.31 bits per heavy atom. The Morgan fingerprint density at radius 1 is 0.861 bits per heavy atom. The number of carbonyl (C=O) groups is 1. The highest BCUT2D eigenvalue weighted by Gasteiger charge is 2.20. The summed E-state index contributed by atoms with van der Waals surface area (Å²) in [5.74, 6) is 1.61. The van der Waals surface area contributed by atoms with E-state index in [9.17, 15) is 4.79 Å². The Labute approximate surface area is 214 Å². The van der Waals surface area contributed by atoms with Crippen LogP contribution in [0.15, 0.2) is 72.8 Å². The Morgan fingerprint density at radius 2 is 1.61 bits per heavy atom. The van der Waals surface area contributed by atoms with Crippen molar-refractivity contribution in [3.8, 4) is 22.6 Å². The maximum Gasteiger partial charge on any atom is 0.407 e. The molecule has 0 aromatic heterocycles. The zero-order valence-corrected chi connectivity index (χ0v) is 21.4. The van der Waals surface area contributed by atoms with Gasteiger partial charge >= 0.3 is 6.09 Å². The molecule has 0 atom stereocenters. The van der Waals surface area contributed by atoms with Crippen LogP contribution in [0.3, 0.4) is 0 Å². The maximum atomic E-state index is 11.9. The van der Waals surface area contributed by atoms with Gasteiger partial charge in [0, 0.05) is 12.6 Å². The standard InChI is InChI=1S/C30H36N2O4/c1-30(2,3)36-29(33)31-15-16-34-28-18-23(20-32-26-11-12-26)17-25(19-28)24-9-13-27(14-10-24)35-21-22-7-5-4-6-8-22/h4-10,13-14,17-19,26,32H,11-12,15-16,20-21H2,1-3H3,(H,31,33). The van der Waals surface area contributed by atoms with Crippen LogP contribution in [0.1, 0.15) is 44.7 Å². The number of ether oxygens (including phenoxy) is 3. The van der Waals surface area contributed by atoms with Crippen LogP contribution in [0.2, 0.25) is 0 Å². The number of hydrogen-bond donors (Lipinski definition) is 2. The number of amides is 1. The van der Waals surface area contributed by atoms with Crippen LogP contribution in [0, 0.1) is 0 Å². The van der Waals surface area contributed by atoms with Crippen LogP contribution in [0.5, 0.6) is 11.5 Å². The smallest absolute Gasteiger partial charge is 0.407 e. The van der Waals surface area contributed by atoms with Gasteiger partial charge in [0.05, 0.1) is 6.54 Å². The van der Waals surface area contributed by atoms with Gasteiger partial charge in [-0.2, -0.15) is 0 Å². The van der Waals surface area contributed by atoms with Crippen molar-refractivity contribution in [1.82, 2.24) is 10.6 Å². The predicted octanol–water partition coefficient (Wildman–Crippen LogP) is 6.09. The molecule has 6 nitrogen and oxygen atoms in total. The summed E-state index contributed by atoms with van der Waals surface area (Å²) in [6, 6.07) is 25.2. The van der Waals surface area contributed by atoms with E-state index in [1.54, 1.807) is 0 Å². The second kappa shape index (κ2) is 12.0. The second-order valence-corrected chi connectivity index (χ2v) is 10.1. The third-order valence-corrected chi connectivity index (χ3v) is 5.61. The summed E-state index contributed by atoms with van der Waals surface area (Å²) in [5.41, 5.74) is 3.95. The lowest BCUT2D eigenvalue weighted by Crippen LogP contribution is -2.34. The molecule has 1 fully saturated rings. The molecular weight excluding hydrogens is 452 g/mol. The third kappa shape index (κ3) is 8.61. The normalized spacial score (nSPS) is 13.2. The van der Waals surface area contributed by atoms with Crippen molar-refractivity contribution < 1.29 is 19.0 Å². The molecule has 1 saturated carbocycles. The SMILES string of the molecule is CC(C)(C)OC(=O)NCCOc1cc(CNC2CC2)cc(-c2ccc(OCc3ccccc3)cc2)c1. The Balaban J connectivity index is 1.38. The molecule has 0 heterocycles. The molecule has 1 aliphatic carbocycles. The first kappa shape index (κ1) is 25.6. The van der Waals surface area contributed by atoms with Crippen LogP contribution < -0.4 is 20.1 Å². The van der Waals surface area contributed by atoms with Gasteiger partial charge in [-0.05, 0) is 86.2 Å². The van der Waals surface area contributed by atoms with Crippen molar-refractivity contribution in [2.45, 2.75) is 58.4 Å². The topological polar surface area (TPSA) is 68.8 Å². The first-order valence-electron chi connectivity index (χ1n) is 12.6. The van der Waals surface area contributed by atoms with Gasteiger partial charge in [0.15, 0.2) is 0 Å². The Bertz CT molecular complexity index is 1120. The summed E-state index contributed by atoms with van der Waals surface area (Å²) in [7, 11) is 0. The molecule has 1 aliphatic rings. The van der Waals surface area contributed by atoms with Crippen molar-refractivity contribution >= 4 is 6.09 Å². The third-order valence-electron chi connectivity index (χ3n) is 5.61. The first-order valence-corrected chi connectivity index (χ1v) is 12.6. The predicted molar refractivity (Wildman–Crippen MR) is 142 cm³/mol. The van der Waals surface area contributed by atoms with Crippen LogP contribution in [-0.2, 0) is 17.9 Å². The number of benzene rings is 3. The summed E-state index contributed by atoms with van der Waals surface area (Å²) in [6.07, 6.45) is 2.04. The van der Waals surface area contributed by atoms with E-state index in [0.717, 1.165) is 34.7 Å². The average molecular weight is 489 g/mol. The molecule has 0 spiro atoms. The van der Waals surface area contributed by atoms with Crippen molar-refractivity contribution in [2.24, 2.45) is 0 Å². The fourth-order valence-electron chi connectivity index (χ4n) is 3.68. The molecule has 6 heteroatoms. The van der Waals surface area contributed by atoms with Gasteiger partial charge in [-0.15, -0.1) is 0 Å². The molecule has 0 unspecified atom stereocenters. The average Bonchev–Trinajstić information content (AvgIpc) is 3.69. The molecule has 2 N–H and O–H groups in total. The van der Waals surface area contributed by atoms with Crippen molar-refractivity contribution in [2.75, 3.05) is 13.2 Å². The lowest BCUT2D eigenvalue weighted by molar-refractivity contribution is 0.0520. The van der Waals surface area contributed by atoms with Gasteiger partial charge in [-0.1, -0.05) is 42.5 Å². The summed E-state index contributed by atoms with van der Waals surface area (Å²) in [4.78, 5) is 11.9. The molecule has 190 valence electrons. The van der Waals surface area contributed by atoms with E-state index in [0.29, 0.717) is 25.8 Å². The van der Waals surface area contributed by atoms with Crippen LogP contribution >= 0.6 is 0 Å². The molecule has 3 aromatic carbocycles. The molecule has 3 aromatic rings. The molecule has 0 aliphatic heterocycles. The number of nitrogens with one attached hydrogen (secondary N) is 2. The van der Waals surface area contributed by atoms with Crippen molar-refractivity contribution in [1.29, 1.82) is 0 Å². The number of carbonyl (C=O) groups excluding carboxylic acids is 1. The molecule has 0 radical (unpaired) electrons. The quantitative estimate of drug-likeness (QED) is 0.320. The minimum atomic E-state index is -0.523. The summed E-state index contributed by atoms with van der Waals surface area (Å²) >= 11 is 0. The number of alkyl carbamates (subject to hydrolysis) is 1. The van der Waals surface area contributed by atoms with Gasteiger partial charge in [0.25, 0.3) is 0 Å². The minimum Gasteiger partial charge on any atom is -0.492 e. The molecule has 4 rings (SSSR count). The molecular formula is C30H36N2O4. The van der Waals surface area contributed by atoms with E-state index in [1.165, 1.54) is 18.4 Å². The molecule has 0 saturated heterocycles. The van der Waals surface area contributed by atoms with E-state index in [1.807, 2.05) is 57.2 Å². The highest BCUT2D eigenvalue weighted by atomic mass is 16.6. The van der Waals surface area contributed by atoms with Gasteiger partial charge in [-0.25, -0.2) is 4.79 Å². The molecule has 1 amide bonds. The second-order valence-electron chi connectivity index (χ2n) is 10.1. The molecule has 0 bridgehead atoms. The van der Waals surface area contributed by atoms with Crippen molar-refractivity contribution in [3.63, 3.8) is 0 Å². The summed E-state index contributed by atoms with van der Waals surface area (Å²) in [6.45, 7) is 7.57. The van der Waals surface area contributed by atoms with Crippen LogP contribution in [0.25, 0.3) is 11.1 Å². The molecule has 36 heavy (non-hydrogen) atoms. The fourth-order valence-corrected chi connectivity index (χ4v) is 3.68. The minimum absolute atomic E-state index is 0.352. The Kier molecular flexibility index (Phi) is 8.49. The lowest BCUT2D eigenvalue weighted by atomic mass is 10.0. The largest absolute Gasteiger partial charge is 0.492 e. The van der Waals surface area contributed by atoms with Gasteiger partial charge < -0.3 is 24.8 Å².